The largest absolute Gasteiger partial charge is 0.368 e. The number of hydrogen-bond acceptors (Lipinski definition) is 4. The molecule has 0 saturated heterocycles. The summed E-state index contributed by atoms with van der Waals surface area (Å²) in [5.74, 6) is -0.919. The smallest absolute Gasteiger partial charge is 0.264 e. The molecule has 0 atom stereocenters. The van der Waals surface area contributed by atoms with Crippen LogP contribution in [0.4, 0.5) is 0 Å². The molecule has 0 aliphatic heterocycles. The van der Waals surface area contributed by atoms with Crippen molar-refractivity contribution in [1.82, 2.24) is 10.3 Å². The maximum absolute atomic E-state index is 12.3. The number of nitrogens with zero attached hydrogens (tertiary/aromatic N) is 1. The number of benzene rings is 1. The number of carbonyl (C=O) groups is 2. The molecule has 3 N–H and O–H groups in total. The van der Waals surface area contributed by atoms with Gasteiger partial charge in [-0.3, -0.25) is 9.59 Å². The molecular weight excluding hydrogens is 286 g/mol. The Bertz CT molecular complexity index is 677. The van der Waals surface area contributed by atoms with E-state index in [-0.39, 0.29) is 5.91 Å². The van der Waals surface area contributed by atoms with E-state index < -0.39 is 11.4 Å². The standard InChI is InChI=1S/C15H17N3O2S/c1-9-11(12(19)18-15(2,3)14(16)20)21-13(17-9)10-7-5-4-6-8-10/h4-8H,1-3H3,(H2,16,20)(H,18,19). The number of primary amides is 1. The van der Waals surface area contributed by atoms with E-state index in [0.717, 1.165) is 10.6 Å². The highest BCUT2D eigenvalue weighted by Gasteiger charge is 2.29. The molecule has 0 bridgehead atoms. The van der Waals surface area contributed by atoms with Crippen LogP contribution in [0.25, 0.3) is 10.6 Å². The highest BCUT2D eigenvalue weighted by molar-refractivity contribution is 7.17. The van der Waals surface area contributed by atoms with Gasteiger partial charge in [-0.25, -0.2) is 4.98 Å². The number of aryl methyl sites for hydroxylation is 1. The van der Waals surface area contributed by atoms with Crippen molar-refractivity contribution in [3.63, 3.8) is 0 Å². The lowest BCUT2D eigenvalue weighted by atomic mass is 10.1. The molecule has 2 aromatic rings. The minimum Gasteiger partial charge on any atom is -0.368 e. The number of aromatic nitrogens is 1. The van der Waals surface area contributed by atoms with E-state index >= 15 is 0 Å². The van der Waals surface area contributed by atoms with Gasteiger partial charge in [0.15, 0.2) is 0 Å². The summed E-state index contributed by atoms with van der Waals surface area (Å²) < 4.78 is 0. The van der Waals surface area contributed by atoms with Crippen molar-refractivity contribution in [2.75, 3.05) is 0 Å². The Hall–Kier alpha value is -2.21. The first-order chi connectivity index (χ1) is 9.81. The van der Waals surface area contributed by atoms with E-state index in [9.17, 15) is 9.59 Å². The zero-order valence-electron chi connectivity index (χ0n) is 12.1. The minimum absolute atomic E-state index is 0.337. The van der Waals surface area contributed by atoms with Crippen LogP contribution in [0.1, 0.15) is 29.2 Å². The van der Waals surface area contributed by atoms with Crippen molar-refractivity contribution in [2.45, 2.75) is 26.3 Å². The van der Waals surface area contributed by atoms with E-state index in [0.29, 0.717) is 10.6 Å². The Morgan fingerprint density at radius 3 is 2.43 bits per heavy atom. The molecule has 0 radical (unpaired) electrons. The zero-order valence-corrected chi connectivity index (χ0v) is 13.0. The minimum atomic E-state index is -1.10. The second kappa shape index (κ2) is 5.65. The van der Waals surface area contributed by atoms with E-state index in [1.54, 1.807) is 20.8 Å². The van der Waals surface area contributed by atoms with Gasteiger partial charge in [-0.05, 0) is 20.8 Å². The molecule has 2 rings (SSSR count). The average molecular weight is 303 g/mol. The van der Waals surface area contributed by atoms with E-state index in [4.69, 9.17) is 5.73 Å². The molecule has 0 aliphatic carbocycles. The summed E-state index contributed by atoms with van der Waals surface area (Å²) in [6, 6.07) is 9.64. The Morgan fingerprint density at radius 2 is 1.86 bits per heavy atom. The van der Waals surface area contributed by atoms with Crippen LogP contribution in [0, 0.1) is 6.92 Å². The molecule has 6 heteroatoms. The first kappa shape index (κ1) is 15.2. The SMILES string of the molecule is Cc1nc(-c2ccccc2)sc1C(=O)NC(C)(C)C(N)=O. The predicted octanol–water partition coefficient (Wildman–Crippen LogP) is 2.11. The van der Waals surface area contributed by atoms with Crippen molar-refractivity contribution < 1.29 is 9.59 Å². The normalized spacial score (nSPS) is 11.2. The molecule has 0 aliphatic rings. The summed E-state index contributed by atoms with van der Waals surface area (Å²) >= 11 is 1.30. The molecule has 1 aromatic carbocycles. The van der Waals surface area contributed by atoms with Gasteiger partial charge in [0.2, 0.25) is 5.91 Å². The van der Waals surface area contributed by atoms with E-state index in [1.165, 1.54) is 11.3 Å². The number of hydrogen-bond donors (Lipinski definition) is 2. The van der Waals surface area contributed by atoms with Gasteiger partial charge in [-0.15, -0.1) is 11.3 Å². The monoisotopic (exact) mass is 303 g/mol. The number of amides is 2. The molecular formula is C15H17N3O2S. The lowest BCUT2D eigenvalue weighted by Crippen LogP contribution is -2.52. The summed E-state index contributed by atoms with van der Waals surface area (Å²) in [4.78, 5) is 28.5. The summed E-state index contributed by atoms with van der Waals surface area (Å²) in [5, 5.41) is 3.41. The van der Waals surface area contributed by atoms with Crippen molar-refractivity contribution >= 4 is 23.2 Å². The van der Waals surface area contributed by atoms with Gasteiger partial charge in [0, 0.05) is 5.56 Å². The fraction of sp³-hybridized carbons (Fsp3) is 0.267. The van der Waals surface area contributed by atoms with Crippen LogP contribution in [-0.2, 0) is 4.79 Å². The third-order valence-corrected chi connectivity index (χ3v) is 4.27. The van der Waals surface area contributed by atoms with Crippen LogP contribution < -0.4 is 11.1 Å². The average Bonchev–Trinajstić information content (AvgIpc) is 2.81. The molecule has 0 spiro atoms. The second-order valence-corrected chi connectivity index (χ2v) is 6.24. The summed E-state index contributed by atoms with van der Waals surface area (Å²) in [6.07, 6.45) is 0. The molecule has 0 saturated carbocycles. The van der Waals surface area contributed by atoms with Gasteiger partial charge >= 0.3 is 0 Å². The molecule has 1 heterocycles. The Balaban J connectivity index is 2.28. The maximum atomic E-state index is 12.3. The fourth-order valence-electron chi connectivity index (χ4n) is 1.71. The zero-order chi connectivity index (χ0) is 15.6. The summed E-state index contributed by atoms with van der Waals surface area (Å²) in [6.45, 7) is 4.92. The van der Waals surface area contributed by atoms with Crippen LogP contribution in [0.2, 0.25) is 0 Å². The van der Waals surface area contributed by atoms with Gasteiger partial charge < -0.3 is 11.1 Å². The number of nitrogens with one attached hydrogen (secondary N) is 1. The van der Waals surface area contributed by atoms with Gasteiger partial charge in [-0.2, -0.15) is 0 Å². The Kier molecular flexibility index (Phi) is 4.09. The molecule has 1 aromatic heterocycles. The third kappa shape index (κ3) is 3.28. The maximum Gasteiger partial charge on any atom is 0.264 e. The van der Waals surface area contributed by atoms with Crippen LogP contribution in [0.5, 0.6) is 0 Å². The first-order valence-corrected chi connectivity index (χ1v) is 7.28. The number of carbonyl (C=O) groups excluding carboxylic acids is 2. The Labute approximate surface area is 127 Å². The first-order valence-electron chi connectivity index (χ1n) is 6.46. The molecule has 21 heavy (non-hydrogen) atoms. The van der Waals surface area contributed by atoms with Gasteiger partial charge in [0.25, 0.3) is 5.91 Å². The molecule has 0 fully saturated rings. The van der Waals surface area contributed by atoms with Crippen molar-refractivity contribution in [1.29, 1.82) is 0 Å². The molecule has 5 nitrogen and oxygen atoms in total. The van der Waals surface area contributed by atoms with Gasteiger partial charge in [0.1, 0.15) is 15.4 Å². The summed E-state index contributed by atoms with van der Waals surface area (Å²) in [5.41, 5.74) is 5.76. The molecule has 2 amide bonds. The van der Waals surface area contributed by atoms with Gasteiger partial charge in [0.05, 0.1) is 5.69 Å². The van der Waals surface area contributed by atoms with Crippen molar-refractivity contribution in [2.24, 2.45) is 5.73 Å². The number of nitrogens with two attached hydrogens (primary N) is 1. The lowest BCUT2D eigenvalue weighted by Gasteiger charge is -2.21. The number of rotatable bonds is 4. The van der Waals surface area contributed by atoms with Crippen LogP contribution in [-0.4, -0.2) is 22.3 Å². The van der Waals surface area contributed by atoms with E-state index in [2.05, 4.69) is 10.3 Å². The quantitative estimate of drug-likeness (QED) is 0.907. The Morgan fingerprint density at radius 1 is 1.24 bits per heavy atom. The highest BCUT2D eigenvalue weighted by atomic mass is 32.1. The third-order valence-electron chi connectivity index (χ3n) is 3.07. The van der Waals surface area contributed by atoms with Crippen molar-refractivity contribution in [3.05, 3.63) is 40.9 Å². The van der Waals surface area contributed by atoms with Crippen molar-refractivity contribution in [3.8, 4) is 10.6 Å². The number of thiazole rings is 1. The highest BCUT2D eigenvalue weighted by Crippen LogP contribution is 2.27. The lowest BCUT2D eigenvalue weighted by molar-refractivity contribution is -0.122. The predicted molar refractivity (Wildman–Crippen MR) is 83.0 cm³/mol. The van der Waals surface area contributed by atoms with Crippen LogP contribution >= 0.6 is 11.3 Å². The fourth-order valence-corrected chi connectivity index (χ4v) is 2.68. The topological polar surface area (TPSA) is 85.1 Å². The molecule has 110 valence electrons. The molecule has 0 unspecified atom stereocenters. The second-order valence-electron chi connectivity index (χ2n) is 5.24. The van der Waals surface area contributed by atoms with E-state index in [1.807, 2.05) is 30.3 Å². The van der Waals surface area contributed by atoms with Crippen LogP contribution in [0.3, 0.4) is 0 Å². The van der Waals surface area contributed by atoms with Crippen LogP contribution in [0.15, 0.2) is 30.3 Å². The summed E-state index contributed by atoms with van der Waals surface area (Å²) in [7, 11) is 0. The van der Waals surface area contributed by atoms with Gasteiger partial charge in [-0.1, -0.05) is 30.3 Å².